The summed E-state index contributed by atoms with van der Waals surface area (Å²) < 4.78 is 1.18. The first-order valence-electron chi connectivity index (χ1n) is 6.76. The van der Waals surface area contributed by atoms with Crippen molar-refractivity contribution in [3.8, 4) is 0 Å². The molecule has 1 N–H and O–H groups in total. The molecule has 0 heterocycles. The molecule has 0 amide bonds. The van der Waals surface area contributed by atoms with Gasteiger partial charge in [0.1, 0.15) is 0 Å². The largest absolute Gasteiger partial charge is 0.313 e. The molecule has 0 saturated heterocycles. The van der Waals surface area contributed by atoms with Gasteiger partial charge in [-0.15, -0.1) is 0 Å². The molecule has 1 nitrogen and oxygen atoms in total. The molecule has 0 fully saturated rings. The number of halogens is 1. The molecule has 2 aromatic carbocycles. The molecule has 2 heteroatoms. The highest BCUT2D eigenvalue weighted by Crippen LogP contribution is 2.18. The summed E-state index contributed by atoms with van der Waals surface area (Å²) in [4.78, 5) is 0. The first-order chi connectivity index (χ1) is 9.27. The van der Waals surface area contributed by atoms with E-state index in [-0.39, 0.29) is 0 Å². The molecule has 2 aromatic rings. The van der Waals surface area contributed by atoms with Crippen LogP contribution in [0.25, 0.3) is 0 Å². The van der Waals surface area contributed by atoms with Crippen LogP contribution in [0, 0.1) is 0 Å². The molecule has 0 aliphatic rings. The zero-order valence-electron chi connectivity index (χ0n) is 11.3. The highest BCUT2D eigenvalue weighted by molar-refractivity contribution is 9.10. The van der Waals surface area contributed by atoms with Gasteiger partial charge in [0.25, 0.3) is 0 Å². The van der Waals surface area contributed by atoms with Crippen molar-refractivity contribution in [1.82, 2.24) is 5.32 Å². The smallest absolute Gasteiger partial charge is 0.0220 e. The average Bonchev–Trinajstić information content (AvgIpc) is 2.46. The van der Waals surface area contributed by atoms with Crippen molar-refractivity contribution in [2.24, 2.45) is 0 Å². The van der Waals surface area contributed by atoms with Gasteiger partial charge in [0, 0.05) is 11.0 Å². The predicted octanol–water partition coefficient (Wildman–Crippen LogP) is 4.73. The fraction of sp³-hybridized carbons (Fsp3) is 0.294. The second-order valence-electron chi connectivity index (χ2n) is 4.87. The number of nitrogens with one attached hydrogen (secondary N) is 1. The molecule has 1 unspecified atom stereocenters. The van der Waals surface area contributed by atoms with Crippen LogP contribution in [0.1, 0.15) is 30.4 Å². The fourth-order valence-corrected chi connectivity index (χ4v) is 2.56. The van der Waals surface area contributed by atoms with E-state index < -0.39 is 0 Å². The molecule has 1 atom stereocenters. The summed E-state index contributed by atoms with van der Waals surface area (Å²) in [6.45, 7) is 4.25. The fourth-order valence-electron chi connectivity index (χ4n) is 2.13. The Kier molecular flexibility index (Phi) is 5.62. The van der Waals surface area contributed by atoms with E-state index >= 15 is 0 Å². The normalized spacial score (nSPS) is 12.3. The third-order valence-corrected chi connectivity index (χ3v) is 4.17. The van der Waals surface area contributed by atoms with Crippen LogP contribution >= 0.6 is 15.9 Å². The van der Waals surface area contributed by atoms with Gasteiger partial charge in [-0.2, -0.15) is 0 Å². The highest BCUT2D eigenvalue weighted by atomic mass is 79.9. The van der Waals surface area contributed by atoms with E-state index in [0.717, 1.165) is 19.5 Å². The van der Waals surface area contributed by atoms with Crippen LogP contribution in [0.3, 0.4) is 0 Å². The van der Waals surface area contributed by atoms with Gasteiger partial charge in [0.2, 0.25) is 0 Å². The number of benzene rings is 2. The topological polar surface area (TPSA) is 12.0 Å². The Morgan fingerprint density at radius 1 is 1.00 bits per heavy atom. The number of hydrogen-bond acceptors (Lipinski definition) is 1. The van der Waals surface area contributed by atoms with Gasteiger partial charge in [0.15, 0.2) is 0 Å². The van der Waals surface area contributed by atoms with Crippen molar-refractivity contribution in [3.05, 3.63) is 70.2 Å². The summed E-state index contributed by atoms with van der Waals surface area (Å²) >= 11 is 3.57. The Labute approximate surface area is 124 Å². The van der Waals surface area contributed by atoms with E-state index in [0.29, 0.717) is 5.92 Å². The zero-order valence-corrected chi connectivity index (χ0v) is 12.9. The minimum Gasteiger partial charge on any atom is -0.313 e. The Balaban J connectivity index is 1.74. The third kappa shape index (κ3) is 4.48. The van der Waals surface area contributed by atoms with Crippen molar-refractivity contribution in [2.75, 3.05) is 6.54 Å². The molecule has 0 aliphatic carbocycles. The van der Waals surface area contributed by atoms with E-state index in [1.165, 1.54) is 15.6 Å². The lowest BCUT2D eigenvalue weighted by atomic mass is 9.98. The SMILES string of the molecule is CC(CCNCc1ccccc1Br)c1ccccc1. The molecular weight excluding hydrogens is 298 g/mol. The lowest BCUT2D eigenvalue weighted by Crippen LogP contribution is -2.16. The van der Waals surface area contributed by atoms with Crippen molar-refractivity contribution >= 4 is 15.9 Å². The van der Waals surface area contributed by atoms with Crippen LogP contribution in [-0.2, 0) is 6.54 Å². The van der Waals surface area contributed by atoms with Crippen LogP contribution in [0.15, 0.2) is 59.1 Å². The quantitative estimate of drug-likeness (QED) is 0.759. The lowest BCUT2D eigenvalue weighted by Gasteiger charge is -2.12. The average molecular weight is 318 g/mol. The van der Waals surface area contributed by atoms with Crippen LogP contribution < -0.4 is 5.32 Å². The van der Waals surface area contributed by atoms with Crippen molar-refractivity contribution in [3.63, 3.8) is 0 Å². The zero-order chi connectivity index (χ0) is 13.5. The van der Waals surface area contributed by atoms with Crippen LogP contribution in [0.2, 0.25) is 0 Å². The van der Waals surface area contributed by atoms with Crippen molar-refractivity contribution < 1.29 is 0 Å². The molecule has 0 saturated carbocycles. The van der Waals surface area contributed by atoms with E-state index in [4.69, 9.17) is 0 Å². The molecule has 0 bridgehead atoms. The monoisotopic (exact) mass is 317 g/mol. The van der Waals surface area contributed by atoms with Gasteiger partial charge >= 0.3 is 0 Å². The van der Waals surface area contributed by atoms with E-state index in [9.17, 15) is 0 Å². The highest BCUT2D eigenvalue weighted by Gasteiger charge is 2.04. The molecule has 2 rings (SSSR count). The van der Waals surface area contributed by atoms with Crippen LogP contribution in [-0.4, -0.2) is 6.54 Å². The van der Waals surface area contributed by atoms with Gasteiger partial charge in [-0.3, -0.25) is 0 Å². The first-order valence-corrected chi connectivity index (χ1v) is 7.55. The Hall–Kier alpha value is -1.12. The van der Waals surface area contributed by atoms with Crippen molar-refractivity contribution in [1.29, 1.82) is 0 Å². The van der Waals surface area contributed by atoms with Crippen molar-refractivity contribution in [2.45, 2.75) is 25.8 Å². The maximum absolute atomic E-state index is 3.57. The van der Waals surface area contributed by atoms with Gasteiger partial charge in [-0.1, -0.05) is 71.4 Å². The minimum atomic E-state index is 0.605. The summed E-state index contributed by atoms with van der Waals surface area (Å²) in [5.41, 5.74) is 2.74. The molecule has 0 spiro atoms. The summed E-state index contributed by atoms with van der Waals surface area (Å²) in [5.74, 6) is 0.605. The molecule has 19 heavy (non-hydrogen) atoms. The maximum atomic E-state index is 3.57. The standard InChI is InChI=1S/C17H20BrN/c1-14(15-7-3-2-4-8-15)11-12-19-13-16-9-5-6-10-17(16)18/h2-10,14,19H,11-13H2,1H3. The van der Waals surface area contributed by atoms with Crippen LogP contribution in [0.4, 0.5) is 0 Å². The summed E-state index contributed by atoms with van der Waals surface area (Å²) in [5, 5.41) is 3.51. The first kappa shape index (κ1) is 14.3. The lowest BCUT2D eigenvalue weighted by molar-refractivity contribution is 0.593. The number of hydrogen-bond donors (Lipinski definition) is 1. The Bertz CT molecular complexity index is 496. The predicted molar refractivity (Wildman–Crippen MR) is 85.3 cm³/mol. The minimum absolute atomic E-state index is 0.605. The summed E-state index contributed by atoms with van der Waals surface area (Å²) in [7, 11) is 0. The maximum Gasteiger partial charge on any atom is 0.0220 e. The Morgan fingerprint density at radius 2 is 1.68 bits per heavy atom. The third-order valence-electron chi connectivity index (χ3n) is 3.40. The Morgan fingerprint density at radius 3 is 2.42 bits per heavy atom. The van der Waals surface area contributed by atoms with Gasteiger partial charge in [-0.05, 0) is 36.1 Å². The summed E-state index contributed by atoms with van der Waals surface area (Å²) in [6.07, 6.45) is 1.16. The van der Waals surface area contributed by atoms with Gasteiger partial charge < -0.3 is 5.32 Å². The summed E-state index contributed by atoms with van der Waals surface area (Å²) in [6, 6.07) is 19.1. The molecule has 100 valence electrons. The van der Waals surface area contributed by atoms with E-state index in [1.807, 2.05) is 6.07 Å². The second-order valence-corrected chi connectivity index (χ2v) is 5.72. The molecule has 0 aliphatic heterocycles. The van der Waals surface area contributed by atoms with Gasteiger partial charge in [-0.25, -0.2) is 0 Å². The second kappa shape index (κ2) is 7.46. The molecule has 0 radical (unpaired) electrons. The molecule has 0 aromatic heterocycles. The van der Waals surface area contributed by atoms with Crippen LogP contribution in [0.5, 0.6) is 0 Å². The van der Waals surface area contributed by atoms with E-state index in [1.54, 1.807) is 0 Å². The van der Waals surface area contributed by atoms with E-state index in [2.05, 4.69) is 76.7 Å². The van der Waals surface area contributed by atoms with Gasteiger partial charge in [0.05, 0.1) is 0 Å². The number of rotatable bonds is 6. The molecular formula is C17H20BrN.